The number of ether oxygens (including phenoxy) is 1. The highest BCUT2D eigenvalue weighted by Gasteiger charge is 2.57. The van der Waals surface area contributed by atoms with E-state index in [4.69, 9.17) is 27.9 Å². The van der Waals surface area contributed by atoms with Crippen molar-refractivity contribution in [2.24, 2.45) is 0 Å². The molecule has 1 fully saturated rings. The first-order valence-electron chi connectivity index (χ1n) is 4.11. The number of alkyl halides is 2. The molecule has 1 saturated heterocycles. The molecule has 0 aliphatic carbocycles. The second-order valence-corrected chi connectivity index (χ2v) is 4.80. The SMILES string of the molecule is C[C@@]12C=C[C@](C)(O1)[C@@H](Cl)C(=O)[C@H]2Cl. The van der Waals surface area contributed by atoms with Gasteiger partial charge in [-0.15, -0.1) is 23.2 Å². The summed E-state index contributed by atoms with van der Waals surface area (Å²) in [6, 6.07) is 0. The van der Waals surface area contributed by atoms with Crippen LogP contribution in [0, 0.1) is 0 Å². The van der Waals surface area contributed by atoms with E-state index in [0.29, 0.717) is 0 Å². The van der Waals surface area contributed by atoms with E-state index in [1.165, 1.54) is 0 Å². The molecule has 4 atom stereocenters. The first-order valence-corrected chi connectivity index (χ1v) is 4.99. The standard InChI is InChI=1S/C9H10Cl2O2/c1-8-3-4-9(2,13-8)7(11)5(12)6(8)10/h3-4,6-7H,1-2H3/t6-,7+,8-,9-/m0/s1. The van der Waals surface area contributed by atoms with Crippen LogP contribution in [0.1, 0.15) is 13.8 Å². The summed E-state index contributed by atoms with van der Waals surface area (Å²) in [5, 5.41) is -1.36. The number of ketones is 1. The van der Waals surface area contributed by atoms with Crippen LogP contribution in [-0.4, -0.2) is 27.7 Å². The summed E-state index contributed by atoms with van der Waals surface area (Å²) in [6.45, 7) is 3.60. The van der Waals surface area contributed by atoms with Gasteiger partial charge in [-0.25, -0.2) is 0 Å². The number of hydrogen-bond acceptors (Lipinski definition) is 2. The van der Waals surface area contributed by atoms with Crippen molar-refractivity contribution >= 4 is 29.0 Å². The van der Waals surface area contributed by atoms with Gasteiger partial charge in [-0.3, -0.25) is 4.79 Å². The number of Topliss-reactive ketones (excluding diaryl/α,β-unsaturated/α-hetero) is 1. The van der Waals surface area contributed by atoms with Crippen LogP contribution in [0.25, 0.3) is 0 Å². The van der Waals surface area contributed by atoms with Gasteiger partial charge in [0, 0.05) is 0 Å². The average Bonchev–Trinajstić information content (AvgIpc) is 2.38. The number of hydrogen-bond donors (Lipinski definition) is 0. The Balaban J connectivity index is 2.46. The maximum Gasteiger partial charge on any atom is 0.174 e. The largest absolute Gasteiger partial charge is 0.357 e. The second kappa shape index (κ2) is 2.50. The quantitative estimate of drug-likeness (QED) is 0.461. The summed E-state index contributed by atoms with van der Waals surface area (Å²) < 4.78 is 5.67. The third-order valence-electron chi connectivity index (χ3n) is 2.69. The third kappa shape index (κ3) is 1.09. The lowest BCUT2D eigenvalue weighted by Gasteiger charge is -2.41. The highest BCUT2D eigenvalue weighted by molar-refractivity contribution is 6.42. The molecule has 13 heavy (non-hydrogen) atoms. The van der Waals surface area contributed by atoms with Gasteiger partial charge in [-0.05, 0) is 13.8 Å². The molecule has 0 saturated carbocycles. The second-order valence-electron chi connectivity index (χ2n) is 3.93. The van der Waals surface area contributed by atoms with Gasteiger partial charge in [0.2, 0.25) is 0 Å². The molecule has 0 unspecified atom stereocenters. The molecule has 0 spiro atoms. The van der Waals surface area contributed by atoms with E-state index >= 15 is 0 Å². The van der Waals surface area contributed by atoms with Crippen molar-refractivity contribution in [3.05, 3.63) is 12.2 Å². The molecule has 0 radical (unpaired) electrons. The van der Waals surface area contributed by atoms with E-state index in [9.17, 15) is 4.79 Å². The summed E-state index contributed by atoms with van der Waals surface area (Å²) >= 11 is 11.9. The van der Waals surface area contributed by atoms with Crippen molar-refractivity contribution in [3.8, 4) is 0 Å². The average molecular weight is 221 g/mol. The van der Waals surface area contributed by atoms with E-state index in [1.807, 2.05) is 12.2 Å². The Morgan fingerprint density at radius 2 is 1.62 bits per heavy atom. The normalized spacial score (nSPS) is 54.3. The van der Waals surface area contributed by atoms with E-state index in [2.05, 4.69) is 0 Å². The number of halogens is 2. The zero-order chi connectivity index (χ0) is 9.85. The van der Waals surface area contributed by atoms with E-state index in [-0.39, 0.29) is 5.78 Å². The van der Waals surface area contributed by atoms with Crippen molar-refractivity contribution in [1.82, 2.24) is 0 Å². The van der Waals surface area contributed by atoms with Crippen LogP contribution in [0.2, 0.25) is 0 Å². The number of carbonyl (C=O) groups excluding carboxylic acids is 1. The molecule has 2 rings (SSSR count). The van der Waals surface area contributed by atoms with Gasteiger partial charge in [-0.2, -0.15) is 0 Å². The van der Waals surface area contributed by atoms with Crippen LogP contribution in [-0.2, 0) is 9.53 Å². The molecule has 0 aromatic heterocycles. The Morgan fingerprint density at radius 3 is 2.00 bits per heavy atom. The van der Waals surface area contributed by atoms with E-state index in [1.54, 1.807) is 13.8 Å². The molecule has 4 heteroatoms. The van der Waals surface area contributed by atoms with Gasteiger partial charge < -0.3 is 4.74 Å². The Morgan fingerprint density at radius 1 is 1.23 bits per heavy atom. The minimum absolute atomic E-state index is 0.149. The summed E-state index contributed by atoms with van der Waals surface area (Å²) in [6.07, 6.45) is 3.65. The van der Waals surface area contributed by atoms with Gasteiger partial charge in [-0.1, -0.05) is 12.2 Å². The first-order chi connectivity index (χ1) is 5.89. The molecule has 0 aromatic rings. The highest BCUT2D eigenvalue weighted by atomic mass is 35.5. The zero-order valence-corrected chi connectivity index (χ0v) is 8.89. The predicted molar refractivity (Wildman–Crippen MR) is 51.3 cm³/mol. The van der Waals surface area contributed by atoms with Crippen LogP contribution in [0.5, 0.6) is 0 Å². The number of rotatable bonds is 0. The van der Waals surface area contributed by atoms with E-state index in [0.717, 1.165) is 0 Å². The third-order valence-corrected chi connectivity index (χ3v) is 3.99. The van der Waals surface area contributed by atoms with Crippen molar-refractivity contribution < 1.29 is 9.53 Å². The molecule has 2 nitrogen and oxygen atoms in total. The van der Waals surface area contributed by atoms with Gasteiger partial charge in [0.15, 0.2) is 5.78 Å². The van der Waals surface area contributed by atoms with Crippen molar-refractivity contribution in [2.45, 2.75) is 35.8 Å². The lowest BCUT2D eigenvalue weighted by Crippen LogP contribution is -2.57. The maximum atomic E-state index is 11.6. The number of fused-ring (bicyclic) bond motifs is 2. The monoisotopic (exact) mass is 220 g/mol. The Kier molecular flexibility index (Phi) is 1.83. The van der Waals surface area contributed by atoms with Gasteiger partial charge in [0.1, 0.15) is 22.0 Å². The molecule has 0 aromatic carbocycles. The lowest BCUT2D eigenvalue weighted by atomic mass is 9.91. The molecule has 2 aliphatic rings. The minimum atomic E-state index is -0.682. The molecular weight excluding hydrogens is 211 g/mol. The Labute approximate surface area is 86.8 Å². The molecule has 72 valence electrons. The van der Waals surface area contributed by atoms with Gasteiger partial charge in [0.25, 0.3) is 0 Å². The summed E-state index contributed by atoms with van der Waals surface area (Å²) in [7, 11) is 0. The maximum absolute atomic E-state index is 11.6. The molecule has 2 aliphatic heterocycles. The highest BCUT2D eigenvalue weighted by Crippen LogP contribution is 2.45. The van der Waals surface area contributed by atoms with E-state index < -0.39 is 22.0 Å². The summed E-state index contributed by atoms with van der Waals surface area (Å²) in [4.78, 5) is 11.6. The van der Waals surface area contributed by atoms with Crippen LogP contribution >= 0.6 is 23.2 Å². The van der Waals surface area contributed by atoms with Gasteiger partial charge in [0.05, 0.1) is 0 Å². The Bertz CT molecular complexity index is 276. The topological polar surface area (TPSA) is 26.3 Å². The smallest absolute Gasteiger partial charge is 0.174 e. The Hall–Kier alpha value is -0.0500. The fraction of sp³-hybridized carbons (Fsp3) is 0.667. The van der Waals surface area contributed by atoms with Crippen molar-refractivity contribution in [1.29, 1.82) is 0 Å². The van der Waals surface area contributed by atoms with Crippen LogP contribution in [0.15, 0.2) is 12.2 Å². The molecule has 2 heterocycles. The minimum Gasteiger partial charge on any atom is -0.357 e. The van der Waals surface area contributed by atoms with Crippen molar-refractivity contribution in [2.75, 3.05) is 0 Å². The molecular formula is C9H10Cl2O2. The molecule has 2 bridgehead atoms. The first kappa shape index (κ1) is 9.50. The fourth-order valence-electron chi connectivity index (χ4n) is 1.84. The summed E-state index contributed by atoms with van der Waals surface area (Å²) in [5.74, 6) is -0.149. The van der Waals surface area contributed by atoms with Gasteiger partial charge >= 0.3 is 0 Å². The fourth-order valence-corrected chi connectivity index (χ4v) is 2.39. The zero-order valence-electron chi connectivity index (χ0n) is 7.38. The van der Waals surface area contributed by atoms with Crippen molar-refractivity contribution in [3.63, 3.8) is 0 Å². The van der Waals surface area contributed by atoms with Crippen LogP contribution in [0.3, 0.4) is 0 Å². The molecule has 0 amide bonds. The van der Waals surface area contributed by atoms with Crippen LogP contribution in [0.4, 0.5) is 0 Å². The molecule has 0 N–H and O–H groups in total. The van der Waals surface area contributed by atoms with Crippen LogP contribution < -0.4 is 0 Å². The lowest BCUT2D eigenvalue weighted by molar-refractivity contribution is -0.145. The number of carbonyl (C=O) groups is 1. The predicted octanol–water partition coefficient (Wildman–Crippen LogP) is 1.89. The summed E-state index contributed by atoms with van der Waals surface area (Å²) in [5.41, 5.74) is -1.36.